The summed E-state index contributed by atoms with van der Waals surface area (Å²) < 4.78 is 40.6. The number of benzene rings is 1. The third-order valence-corrected chi connectivity index (χ3v) is 1.37. The molecule has 0 saturated carbocycles. The van der Waals surface area contributed by atoms with E-state index in [1.165, 1.54) is 0 Å². The number of rotatable bonds is 0. The Bertz CT molecular complexity index is 305. The zero-order valence-corrected chi connectivity index (χ0v) is 5.95. The summed E-state index contributed by atoms with van der Waals surface area (Å²) in [6.45, 7) is 0. The van der Waals surface area contributed by atoms with Crippen molar-refractivity contribution in [3.63, 3.8) is 0 Å². The van der Waals surface area contributed by atoms with Crippen LogP contribution in [0.4, 0.5) is 8.78 Å². The Labute approximate surface area is 64.5 Å². The van der Waals surface area contributed by atoms with Crippen molar-refractivity contribution in [3.05, 3.63) is 23.8 Å². The van der Waals surface area contributed by atoms with Gasteiger partial charge in [-0.25, -0.2) is 8.78 Å². The lowest BCUT2D eigenvalue weighted by molar-refractivity contribution is 0.494. The van der Waals surface area contributed by atoms with Crippen LogP contribution in [0.15, 0.2) is 12.1 Å². The zero-order valence-electron chi connectivity index (χ0n) is 5.14. The summed E-state index contributed by atoms with van der Waals surface area (Å²) in [6.07, 6.45) is 0. The quantitative estimate of drug-likeness (QED) is 0.605. The lowest BCUT2D eigenvalue weighted by Crippen LogP contribution is -2.03. The number of hydrogen-bond donors (Lipinski definition) is 0. The van der Waals surface area contributed by atoms with Crippen LogP contribution in [0.25, 0.3) is 11.1 Å². The number of halogens is 2. The summed E-state index contributed by atoms with van der Waals surface area (Å²) >= 11 is -0.750. The first kappa shape index (κ1) is 8.00. The van der Waals surface area contributed by atoms with Gasteiger partial charge in [-0.15, -0.1) is 0 Å². The van der Waals surface area contributed by atoms with Crippen molar-refractivity contribution in [2.45, 2.75) is 0 Å². The molecule has 0 N–H and O–H groups in total. The highest BCUT2D eigenvalue weighted by Gasteiger charge is 2.25. The van der Waals surface area contributed by atoms with E-state index in [2.05, 4.69) is 0 Å². The van der Waals surface area contributed by atoms with E-state index in [-0.39, 0.29) is 0 Å². The van der Waals surface area contributed by atoms with E-state index in [1.54, 1.807) is 12.1 Å². The van der Waals surface area contributed by atoms with E-state index in [4.69, 9.17) is 8.42 Å². The van der Waals surface area contributed by atoms with Crippen molar-refractivity contribution in [2.75, 3.05) is 0 Å². The second-order valence-corrected chi connectivity index (χ2v) is 1.99. The van der Waals surface area contributed by atoms with Crippen LogP contribution in [-0.4, -0.2) is 8.42 Å². The molecule has 0 aromatic rings. The van der Waals surface area contributed by atoms with Crippen LogP contribution in [0.3, 0.4) is 0 Å². The maximum Gasteiger partial charge on any atom is 0.335 e. The molecular weight excluding hydrogens is 174 g/mol. The van der Waals surface area contributed by atoms with Gasteiger partial charge in [0.05, 0.1) is 0 Å². The average molecular weight is 176 g/mol. The molecule has 0 spiro atoms. The Hall–Kier alpha value is -1.10. The third-order valence-electron chi connectivity index (χ3n) is 1.37. The fourth-order valence-corrected chi connectivity index (χ4v) is 0.807. The molecule has 2 aliphatic carbocycles. The Kier molecular flexibility index (Phi) is 2.09. The first-order chi connectivity index (χ1) is 5.22. The molecule has 0 aromatic heterocycles. The van der Waals surface area contributed by atoms with E-state index in [0.29, 0.717) is 11.1 Å². The van der Waals surface area contributed by atoms with E-state index < -0.39 is 23.2 Å². The van der Waals surface area contributed by atoms with Gasteiger partial charge in [0.1, 0.15) is 0 Å². The minimum atomic E-state index is -0.750. The Morgan fingerprint density at radius 1 is 1.00 bits per heavy atom. The molecule has 58 valence electrons. The molecule has 0 amide bonds. The largest absolute Gasteiger partial charge is 0.335 e. The molecule has 0 bridgehead atoms. The van der Waals surface area contributed by atoms with E-state index in [9.17, 15) is 8.78 Å². The van der Waals surface area contributed by atoms with Gasteiger partial charge in [0.2, 0.25) is 0 Å². The lowest BCUT2D eigenvalue weighted by Gasteiger charge is -2.16. The molecule has 0 radical (unpaired) electrons. The molecule has 0 fully saturated rings. The third kappa shape index (κ3) is 1.07. The van der Waals surface area contributed by atoms with Gasteiger partial charge in [0.15, 0.2) is 11.6 Å². The van der Waals surface area contributed by atoms with Crippen LogP contribution in [-0.2, 0) is 11.6 Å². The predicted molar refractivity (Wildman–Crippen MR) is 34.3 cm³/mol. The van der Waals surface area contributed by atoms with Crippen molar-refractivity contribution in [1.82, 2.24) is 0 Å². The normalized spacial score (nSPS) is 9.64. The molecular formula is C6H2F2O2S. The molecule has 11 heavy (non-hydrogen) atoms. The second kappa shape index (κ2) is 2.87. The summed E-state index contributed by atoms with van der Waals surface area (Å²) in [6, 6.07) is 3.13. The molecule has 0 aromatic carbocycles. The Morgan fingerprint density at radius 3 is 1.36 bits per heavy atom. The topological polar surface area (TPSA) is 34.1 Å². The molecule has 5 heteroatoms. The fourth-order valence-electron chi connectivity index (χ4n) is 0.807. The van der Waals surface area contributed by atoms with Gasteiger partial charge >= 0.3 is 11.6 Å². The summed E-state index contributed by atoms with van der Waals surface area (Å²) in [5.74, 6) is -1.36. The van der Waals surface area contributed by atoms with Crippen LogP contribution in [0.2, 0.25) is 0 Å². The van der Waals surface area contributed by atoms with E-state index in [0.717, 1.165) is 0 Å². The summed E-state index contributed by atoms with van der Waals surface area (Å²) in [4.78, 5) is 0. The van der Waals surface area contributed by atoms with Gasteiger partial charge in [-0.1, -0.05) is 12.1 Å². The highest BCUT2D eigenvalue weighted by Crippen LogP contribution is 2.38. The standard InChI is InChI=1S/C6H2F2.O2S/c7-5-3-1-2-4(3)6(5)8;1-3-2/h1-2H;. The fraction of sp³-hybridized carbons (Fsp3) is 0. The highest BCUT2D eigenvalue weighted by atomic mass is 32.1. The van der Waals surface area contributed by atoms with Crippen molar-refractivity contribution in [2.24, 2.45) is 0 Å². The van der Waals surface area contributed by atoms with Crippen molar-refractivity contribution in [3.8, 4) is 11.1 Å². The average Bonchev–Trinajstić information content (AvgIpc) is 1.87. The molecule has 0 unspecified atom stereocenters. The van der Waals surface area contributed by atoms with Crippen LogP contribution in [0.5, 0.6) is 0 Å². The SMILES string of the molecule is Fc1c2ccc-2c1F.O=S=O. The van der Waals surface area contributed by atoms with Gasteiger partial charge in [-0.2, -0.15) is 8.42 Å². The lowest BCUT2D eigenvalue weighted by atomic mass is 9.92. The molecule has 0 saturated heterocycles. The van der Waals surface area contributed by atoms with Crippen LogP contribution in [0, 0.1) is 11.6 Å². The molecule has 2 nitrogen and oxygen atoms in total. The molecule has 2 aliphatic rings. The van der Waals surface area contributed by atoms with Gasteiger partial charge < -0.3 is 0 Å². The van der Waals surface area contributed by atoms with Gasteiger partial charge in [0.25, 0.3) is 0 Å². The maximum atomic E-state index is 12.0. The van der Waals surface area contributed by atoms with Crippen LogP contribution >= 0.6 is 0 Å². The first-order valence-electron chi connectivity index (χ1n) is 2.62. The molecule has 0 heterocycles. The summed E-state index contributed by atoms with van der Waals surface area (Å²) in [7, 11) is 0. The van der Waals surface area contributed by atoms with Crippen molar-refractivity contribution < 1.29 is 17.2 Å². The molecule has 2 rings (SSSR count). The van der Waals surface area contributed by atoms with Crippen LogP contribution < -0.4 is 0 Å². The minimum absolute atomic E-state index is 0.447. The monoisotopic (exact) mass is 176 g/mol. The smallest absolute Gasteiger partial charge is 0.203 e. The first-order valence-corrected chi connectivity index (χ1v) is 3.29. The van der Waals surface area contributed by atoms with Gasteiger partial charge in [-0.3, -0.25) is 0 Å². The number of fused-ring (bicyclic) bond motifs is 1. The second-order valence-electron chi connectivity index (χ2n) is 1.86. The summed E-state index contributed by atoms with van der Waals surface area (Å²) in [5, 5.41) is 0. The Balaban J connectivity index is 0.000000179. The minimum Gasteiger partial charge on any atom is -0.203 e. The van der Waals surface area contributed by atoms with Gasteiger partial charge in [0, 0.05) is 11.1 Å². The predicted octanol–water partition coefficient (Wildman–Crippen LogP) is 1.27. The van der Waals surface area contributed by atoms with E-state index in [1.807, 2.05) is 0 Å². The summed E-state index contributed by atoms with van der Waals surface area (Å²) in [5.41, 5.74) is 0.894. The number of hydrogen-bond acceptors (Lipinski definition) is 2. The maximum absolute atomic E-state index is 12.0. The van der Waals surface area contributed by atoms with E-state index >= 15 is 0 Å². The molecule has 0 aliphatic heterocycles. The van der Waals surface area contributed by atoms with Crippen LogP contribution in [0.1, 0.15) is 0 Å². The van der Waals surface area contributed by atoms with Gasteiger partial charge in [-0.05, 0) is 0 Å². The zero-order chi connectivity index (χ0) is 8.43. The highest BCUT2D eigenvalue weighted by molar-refractivity contribution is 7.51. The molecule has 0 atom stereocenters. The van der Waals surface area contributed by atoms with Crippen molar-refractivity contribution in [1.29, 1.82) is 0 Å². The van der Waals surface area contributed by atoms with Crippen molar-refractivity contribution >= 4 is 11.6 Å². The Morgan fingerprint density at radius 2 is 1.27 bits per heavy atom.